The fraction of sp³-hybridized carbons (Fsp3) is 0.120. The highest BCUT2D eigenvalue weighted by Gasteiger charge is 2.21. The highest BCUT2D eigenvalue weighted by atomic mass is 16.4. The fourth-order valence-electron chi connectivity index (χ4n) is 4.18. The molecule has 1 amide bonds. The molecule has 182 valence electrons. The first kappa shape index (κ1) is 24.1. The summed E-state index contributed by atoms with van der Waals surface area (Å²) in [5.41, 5.74) is 10.9. The number of hydrazone groups is 1. The Morgan fingerprint density at radius 3 is 2.08 bits per heavy atom. The molecule has 0 aliphatic rings. The maximum Gasteiger partial charge on any atom is 0.323 e. The largest absolute Gasteiger partial charge is 0.480 e. The predicted octanol–water partition coefficient (Wildman–Crippen LogP) is 3.11. The van der Waals surface area contributed by atoms with E-state index >= 15 is 0 Å². The molecule has 4 rings (SSSR count). The van der Waals surface area contributed by atoms with Gasteiger partial charge in [-0.1, -0.05) is 30.3 Å². The van der Waals surface area contributed by atoms with Crippen LogP contribution in [-0.2, 0) is 16.1 Å². The standard InChI is InChI=1S/C25H22N6O5/c26-28-24(29-27)17-9-10-21-19(11-17)18-3-1-2-4-20(18)31(21)12-15-5-7-16(8-6-15)25(36)30(13-22(32)33)14-23(34)35/h1-11,26H,12-14,27H2,(H,32,33)(H,34,35). The molecule has 1 aromatic heterocycles. The van der Waals surface area contributed by atoms with Crippen LogP contribution < -0.4 is 5.84 Å². The van der Waals surface area contributed by atoms with Crippen LogP contribution in [0.15, 0.2) is 76.9 Å². The summed E-state index contributed by atoms with van der Waals surface area (Å²) in [6.07, 6.45) is 0. The van der Waals surface area contributed by atoms with Gasteiger partial charge in [0.15, 0.2) is 5.84 Å². The van der Waals surface area contributed by atoms with Gasteiger partial charge in [0.1, 0.15) is 13.1 Å². The zero-order valence-electron chi connectivity index (χ0n) is 19.0. The Morgan fingerprint density at radius 2 is 1.47 bits per heavy atom. The Bertz CT molecular complexity index is 1510. The predicted molar refractivity (Wildman–Crippen MR) is 132 cm³/mol. The maximum atomic E-state index is 12.7. The van der Waals surface area contributed by atoms with Crippen LogP contribution in [0.5, 0.6) is 0 Å². The van der Waals surface area contributed by atoms with Crippen LogP contribution in [0.25, 0.3) is 21.8 Å². The number of amidine groups is 1. The molecule has 0 saturated heterocycles. The van der Waals surface area contributed by atoms with E-state index in [1.165, 1.54) is 0 Å². The van der Waals surface area contributed by atoms with Crippen molar-refractivity contribution in [2.45, 2.75) is 6.54 Å². The summed E-state index contributed by atoms with van der Waals surface area (Å²) in [4.78, 5) is 35.6. The number of benzene rings is 3. The Balaban J connectivity index is 1.68. The van der Waals surface area contributed by atoms with E-state index in [4.69, 9.17) is 21.6 Å². The molecule has 0 unspecified atom stereocenters. The van der Waals surface area contributed by atoms with Gasteiger partial charge in [-0.3, -0.25) is 14.4 Å². The Labute approximate surface area is 204 Å². The van der Waals surface area contributed by atoms with Crippen LogP contribution in [0.1, 0.15) is 21.5 Å². The molecule has 0 radical (unpaired) electrons. The molecule has 11 heteroatoms. The second kappa shape index (κ2) is 10.1. The second-order valence-corrected chi connectivity index (χ2v) is 8.05. The molecule has 0 atom stereocenters. The quantitative estimate of drug-likeness (QED) is 0.0978. The number of hydrogen-bond donors (Lipinski definition) is 4. The number of rotatable bonds is 8. The monoisotopic (exact) mass is 486 g/mol. The van der Waals surface area contributed by atoms with Crippen molar-refractivity contribution in [2.24, 2.45) is 16.1 Å². The average Bonchev–Trinajstić information content (AvgIpc) is 3.17. The van der Waals surface area contributed by atoms with Gasteiger partial charge in [-0.05, 0) is 42.0 Å². The molecule has 0 aliphatic carbocycles. The zero-order chi connectivity index (χ0) is 25.8. The van der Waals surface area contributed by atoms with E-state index in [1.54, 1.807) is 30.3 Å². The topological polar surface area (TPSA) is 174 Å². The number of aliphatic carboxylic acids is 2. The van der Waals surface area contributed by atoms with Crippen LogP contribution in [0, 0.1) is 5.53 Å². The Morgan fingerprint density at radius 1 is 0.861 bits per heavy atom. The number of carbonyl (C=O) groups is 3. The molecule has 0 fully saturated rings. The molecule has 0 bridgehead atoms. The van der Waals surface area contributed by atoms with Crippen molar-refractivity contribution in [1.29, 1.82) is 5.53 Å². The van der Waals surface area contributed by atoms with Gasteiger partial charge >= 0.3 is 11.9 Å². The first-order valence-corrected chi connectivity index (χ1v) is 10.8. The van der Waals surface area contributed by atoms with E-state index in [-0.39, 0.29) is 11.4 Å². The van der Waals surface area contributed by atoms with Crippen LogP contribution in [0.4, 0.5) is 0 Å². The van der Waals surface area contributed by atoms with E-state index in [0.717, 1.165) is 32.3 Å². The molecule has 0 saturated carbocycles. The van der Waals surface area contributed by atoms with Crippen molar-refractivity contribution in [2.75, 3.05) is 13.1 Å². The number of para-hydroxylation sites is 1. The lowest BCUT2D eigenvalue weighted by Crippen LogP contribution is -2.39. The second-order valence-electron chi connectivity index (χ2n) is 8.05. The summed E-state index contributed by atoms with van der Waals surface area (Å²) in [6.45, 7) is -0.937. The van der Waals surface area contributed by atoms with Gasteiger partial charge in [0.2, 0.25) is 0 Å². The van der Waals surface area contributed by atoms with Crippen molar-refractivity contribution < 1.29 is 24.6 Å². The van der Waals surface area contributed by atoms with Crippen LogP contribution in [-0.4, -0.2) is 56.5 Å². The van der Waals surface area contributed by atoms with E-state index in [0.29, 0.717) is 12.1 Å². The van der Waals surface area contributed by atoms with E-state index in [2.05, 4.69) is 14.8 Å². The molecule has 3 aromatic carbocycles. The highest BCUT2D eigenvalue weighted by molar-refractivity contribution is 6.11. The van der Waals surface area contributed by atoms with Crippen LogP contribution >= 0.6 is 0 Å². The number of carboxylic acid groups (broad SMARTS) is 2. The SMILES string of the molecule is N=NC(=NN)c1ccc2c(c1)c1ccccc1n2Cc1ccc(C(=O)N(CC(=O)O)CC(=O)O)cc1. The van der Waals surface area contributed by atoms with Gasteiger partial charge in [-0.15, -0.1) is 5.11 Å². The van der Waals surface area contributed by atoms with Gasteiger partial charge in [0.05, 0.1) is 0 Å². The van der Waals surface area contributed by atoms with Gasteiger partial charge in [0, 0.05) is 39.5 Å². The number of nitrogens with two attached hydrogens (primary N) is 1. The summed E-state index contributed by atoms with van der Waals surface area (Å²) >= 11 is 0. The van der Waals surface area contributed by atoms with Gasteiger partial charge in [0.25, 0.3) is 5.91 Å². The van der Waals surface area contributed by atoms with E-state index in [1.807, 2.05) is 36.4 Å². The molecule has 0 aliphatic heterocycles. The van der Waals surface area contributed by atoms with E-state index < -0.39 is 30.9 Å². The number of amides is 1. The maximum absolute atomic E-state index is 12.7. The minimum absolute atomic E-state index is 0.119. The minimum atomic E-state index is -1.29. The van der Waals surface area contributed by atoms with E-state index in [9.17, 15) is 14.4 Å². The lowest BCUT2D eigenvalue weighted by atomic mass is 10.1. The zero-order valence-corrected chi connectivity index (χ0v) is 19.0. The van der Waals surface area contributed by atoms with Crippen molar-refractivity contribution in [1.82, 2.24) is 9.47 Å². The minimum Gasteiger partial charge on any atom is -0.480 e. The molecule has 4 aromatic rings. The first-order chi connectivity index (χ1) is 17.3. The third-order valence-electron chi connectivity index (χ3n) is 5.74. The Hall–Kier alpha value is -5.06. The summed E-state index contributed by atoms with van der Waals surface area (Å²) in [5, 5.41) is 26.9. The van der Waals surface area contributed by atoms with Crippen molar-refractivity contribution in [3.63, 3.8) is 0 Å². The Kier molecular flexibility index (Phi) is 6.72. The first-order valence-electron chi connectivity index (χ1n) is 10.8. The average molecular weight is 486 g/mol. The molecule has 5 N–H and O–H groups in total. The molecular weight excluding hydrogens is 464 g/mol. The molecule has 36 heavy (non-hydrogen) atoms. The number of hydrogen-bond acceptors (Lipinski definition) is 6. The number of aromatic nitrogens is 1. The summed E-state index contributed by atoms with van der Waals surface area (Å²) in [7, 11) is 0. The summed E-state index contributed by atoms with van der Waals surface area (Å²) < 4.78 is 2.11. The lowest BCUT2D eigenvalue weighted by Gasteiger charge is -2.18. The summed E-state index contributed by atoms with van der Waals surface area (Å²) in [5.74, 6) is 2.22. The van der Waals surface area contributed by atoms with Gasteiger partial charge in [-0.2, -0.15) is 5.10 Å². The number of carboxylic acids is 2. The lowest BCUT2D eigenvalue weighted by molar-refractivity contribution is -0.140. The van der Waals surface area contributed by atoms with Crippen molar-refractivity contribution >= 4 is 45.5 Å². The highest BCUT2D eigenvalue weighted by Crippen LogP contribution is 2.31. The summed E-state index contributed by atoms with van der Waals surface area (Å²) in [6, 6.07) is 20.1. The number of nitrogens with zero attached hydrogens (tertiary/aromatic N) is 4. The fourth-order valence-corrected chi connectivity index (χ4v) is 4.18. The third kappa shape index (κ3) is 4.75. The van der Waals surface area contributed by atoms with Crippen LogP contribution in [0.3, 0.4) is 0 Å². The normalized spacial score (nSPS) is 11.5. The smallest absolute Gasteiger partial charge is 0.323 e. The third-order valence-corrected chi connectivity index (χ3v) is 5.74. The van der Waals surface area contributed by atoms with Crippen molar-refractivity contribution in [3.05, 3.63) is 83.4 Å². The number of carbonyl (C=O) groups excluding carboxylic acids is 1. The van der Waals surface area contributed by atoms with Gasteiger partial charge < -0.3 is 25.5 Å². The molecule has 1 heterocycles. The number of nitrogens with one attached hydrogen (secondary N) is 1. The van der Waals surface area contributed by atoms with Gasteiger partial charge in [-0.25, -0.2) is 5.53 Å². The molecular formula is C25H22N6O5. The van der Waals surface area contributed by atoms with Crippen molar-refractivity contribution in [3.8, 4) is 0 Å². The molecule has 0 spiro atoms. The number of fused-ring (bicyclic) bond motifs is 3. The molecule has 11 nitrogen and oxygen atoms in total. The van der Waals surface area contributed by atoms with Crippen LogP contribution in [0.2, 0.25) is 0 Å².